The molecule has 0 atom stereocenters. The van der Waals surface area contributed by atoms with E-state index in [-0.39, 0.29) is 6.61 Å². The van der Waals surface area contributed by atoms with Crippen molar-refractivity contribution in [2.24, 2.45) is 0 Å². The summed E-state index contributed by atoms with van der Waals surface area (Å²) in [6, 6.07) is 6.07. The second kappa shape index (κ2) is 5.60. The van der Waals surface area contributed by atoms with Crippen LogP contribution in [-0.2, 0) is 15.5 Å². The molecule has 0 aliphatic carbocycles. The molecule has 16 heavy (non-hydrogen) atoms. The Hall–Kier alpha value is -0.670. The van der Waals surface area contributed by atoms with Gasteiger partial charge in [0.05, 0.1) is 6.61 Å². The minimum Gasteiger partial charge on any atom is -0.303 e. The van der Waals surface area contributed by atoms with Crippen molar-refractivity contribution in [3.63, 3.8) is 0 Å². The molecule has 0 radical (unpaired) electrons. The molecule has 5 heteroatoms. The lowest BCUT2D eigenvalue weighted by Gasteiger charge is -2.09. The van der Waals surface area contributed by atoms with Gasteiger partial charge in [-0.3, -0.25) is 4.52 Å². The van der Waals surface area contributed by atoms with Gasteiger partial charge >= 0.3 is 7.82 Å². The number of phosphoric acid groups is 1. The Balaban J connectivity index is 2.46. The molecule has 0 amide bonds. The maximum atomic E-state index is 10.4. The van der Waals surface area contributed by atoms with Gasteiger partial charge in [0.1, 0.15) is 0 Å². The first-order valence-corrected chi connectivity index (χ1v) is 6.68. The van der Waals surface area contributed by atoms with Gasteiger partial charge in [-0.2, -0.15) is 0 Å². The number of hydrogen-bond donors (Lipinski definition) is 2. The van der Waals surface area contributed by atoms with Crippen LogP contribution >= 0.6 is 7.82 Å². The van der Waals surface area contributed by atoms with Gasteiger partial charge in [0.2, 0.25) is 0 Å². The highest BCUT2D eigenvalue weighted by molar-refractivity contribution is 7.46. The molecule has 0 aliphatic rings. The van der Waals surface area contributed by atoms with E-state index in [1.165, 1.54) is 16.7 Å². The van der Waals surface area contributed by atoms with Crippen molar-refractivity contribution in [3.05, 3.63) is 34.9 Å². The SMILES string of the molecule is Cc1cccc(C)c1CCCOP(=O)(O)O. The van der Waals surface area contributed by atoms with E-state index in [2.05, 4.69) is 4.52 Å². The summed E-state index contributed by atoms with van der Waals surface area (Å²) in [6.45, 7) is 4.15. The smallest absolute Gasteiger partial charge is 0.303 e. The molecule has 90 valence electrons. The van der Waals surface area contributed by atoms with Gasteiger partial charge < -0.3 is 9.79 Å². The Morgan fingerprint density at radius 2 is 1.81 bits per heavy atom. The zero-order chi connectivity index (χ0) is 12.2. The summed E-state index contributed by atoms with van der Waals surface area (Å²) in [5, 5.41) is 0. The summed E-state index contributed by atoms with van der Waals surface area (Å²) in [5.74, 6) is 0. The second-order valence-corrected chi connectivity index (χ2v) is 5.04. The van der Waals surface area contributed by atoms with E-state index >= 15 is 0 Å². The number of hydrogen-bond acceptors (Lipinski definition) is 2. The van der Waals surface area contributed by atoms with Crippen molar-refractivity contribution in [2.45, 2.75) is 26.7 Å². The molecule has 0 saturated carbocycles. The average molecular weight is 244 g/mol. The Kier molecular flexibility index (Phi) is 4.69. The summed E-state index contributed by atoms with van der Waals surface area (Å²) in [6.07, 6.45) is 1.38. The summed E-state index contributed by atoms with van der Waals surface area (Å²) in [7, 11) is -4.31. The van der Waals surface area contributed by atoms with E-state index in [9.17, 15) is 4.57 Å². The Morgan fingerprint density at radius 3 is 2.31 bits per heavy atom. The monoisotopic (exact) mass is 244 g/mol. The molecule has 2 N–H and O–H groups in total. The van der Waals surface area contributed by atoms with Crippen LogP contribution in [0.3, 0.4) is 0 Å². The van der Waals surface area contributed by atoms with E-state index in [0.29, 0.717) is 6.42 Å². The zero-order valence-electron chi connectivity index (χ0n) is 9.51. The van der Waals surface area contributed by atoms with Crippen LogP contribution < -0.4 is 0 Å². The van der Waals surface area contributed by atoms with E-state index in [0.717, 1.165) is 6.42 Å². The molecule has 0 unspecified atom stereocenters. The van der Waals surface area contributed by atoms with E-state index < -0.39 is 7.82 Å². The van der Waals surface area contributed by atoms with Crippen LogP contribution in [0.4, 0.5) is 0 Å². The fourth-order valence-corrected chi connectivity index (χ4v) is 2.04. The molecule has 0 fully saturated rings. The van der Waals surface area contributed by atoms with Crippen LogP contribution in [0, 0.1) is 13.8 Å². The number of phosphoric ester groups is 1. The lowest BCUT2D eigenvalue weighted by Crippen LogP contribution is -1.98. The summed E-state index contributed by atoms with van der Waals surface area (Å²) >= 11 is 0. The Bertz CT molecular complexity index is 377. The predicted octanol–water partition coefficient (Wildman–Crippen LogP) is 2.35. The molecular weight excluding hydrogens is 227 g/mol. The maximum Gasteiger partial charge on any atom is 0.469 e. The van der Waals surface area contributed by atoms with Crippen LogP contribution in [0.1, 0.15) is 23.1 Å². The Morgan fingerprint density at radius 1 is 1.25 bits per heavy atom. The fraction of sp³-hybridized carbons (Fsp3) is 0.455. The molecule has 0 saturated heterocycles. The van der Waals surface area contributed by atoms with Gasteiger partial charge in [0, 0.05) is 0 Å². The van der Waals surface area contributed by atoms with Gasteiger partial charge in [-0.05, 0) is 43.4 Å². The first kappa shape index (κ1) is 13.4. The minimum atomic E-state index is -4.31. The molecule has 0 spiro atoms. The number of rotatable bonds is 5. The van der Waals surface area contributed by atoms with Crippen LogP contribution in [0.5, 0.6) is 0 Å². The van der Waals surface area contributed by atoms with Gasteiger partial charge in [-0.1, -0.05) is 18.2 Å². The zero-order valence-corrected chi connectivity index (χ0v) is 10.4. The molecule has 0 aliphatic heterocycles. The second-order valence-electron chi connectivity index (χ2n) is 3.80. The molecule has 1 rings (SSSR count). The van der Waals surface area contributed by atoms with E-state index in [1.807, 2.05) is 32.0 Å². The molecule has 1 aromatic carbocycles. The first-order chi connectivity index (χ1) is 7.40. The van der Waals surface area contributed by atoms with Gasteiger partial charge in [0.25, 0.3) is 0 Å². The quantitative estimate of drug-likeness (QED) is 0.616. The fourth-order valence-electron chi connectivity index (χ4n) is 1.68. The van der Waals surface area contributed by atoms with Gasteiger partial charge in [-0.15, -0.1) is 0 Å². The van der Waals surface area contributed by atoms with Crippen LogP contribution in [0.15, 0.2) is 18.2 Å². The summed E-state index contributed by atoms with van der Waals surface area (Å²) in [4.78, 5) is 17.0. The highest BCUT2D eigenvalue weighted by Crippen LogP contribution is 2.35. The van der Waals surface area contributed by atoms with Crippen molar-refractivity contribution in [3.8, 4) is 0 Å². The van der Waals surface area contributed by atoms with Crippen molar-refractivity contribution in [2.75, 3.05) is 6.61 Å². The van der Waals surface area contributed by atoms with Crippen LogP contribution in [0.25, 0.3) is 0 Å². The van der Waals surface area contributed by atoms with Crippen molar-refractivity contribution in [1.29, 1.82) is 0 Å². The molecular formula is C11H17O4P. The van der Waals surface area contributed by atoms with E-state index in [1.54, 1.807) is 0 Å². The average Bonchev–Trinajstić information content (AvgIpc) is 2.14. The van der Waals surface area contributed by atoms with E-state index in [4.69, 9.17) is 9.79 Å². The summed E-state index contributed by atoms with van der Waals surface area (Å²) in [5.41, 5.74) is 3.64. The highest BCUT2D eigenvalue weighted by Gasteiger charge is 2.12. The summed E-state index contributed by atoms with van der Waals surface area (Å²) < 4.78 is 14.8. The predicted molar refractivity (Wildman–Crippen MR) is 62.2 cm³/mol. The molecule has 1 aromatic rings. The van der Waals surface area contributed by atoms with Gasteiger partial charge in [0.15, 0.2) is 0 Å². The Labute approximate surface area is 95.5 Å². The first-order valence-electron chi connectivity index (χ1n) is 5.15. The third-order valence-electron chi connectivity index (χ3n) is 2.48. The molecule has 0 bridgehead atoms. The molecule has 0 aromatic heterocycles. The highest BCUT2D eigenvalue weighted by atomic mass is 31.2. The topological polar surface area (TPSA) is 66.8 Å². The standard InChI is InChI=1S/C11H17O4P/c1-9-5-3-6-10(2)11(9)7-4-8-15-16(12,13)14/h3,5-6H,4,7-8H2,1-2H3,(H2,12,13,14). The van der Waals surface area contributed by atoms with Crippen molar-refractivity contribution >= 4 is 7.82 Å². The normalized spacial score (nSPS) is 11.8. The number of benzene rings is 1. The molecule has 0 heterocycles. The van der Waals surface area contributed by atoms with Crippen LogP contribution in [-0.4, -0.2) is 16.4 Å². The van der Waals surface area contributed by atoms with Crippen LogP contribution in [0.2, 0.25) is 0 Å². The van der Waals surface area contributed by atoms with Gasteiger partial charge in [-0.25, -0.2) is 4.57 Å². The minimum absolute atomic E-state index is 0.0814. The third-order valence-corrected chi connectivity index (χ3v) is 2.99. The molecule has 4 nitrogen and oxygen atoms in total. The lowest BCUT2D eigenvalue weighted by atomic mass is 9.99. The van der Waals surface area contributed by atoms with Crippen molar-refractivity contribution < 1.29 is 18.9 Å². The largest absolute Gasteiger partial charge is 0.469 e. The maximum absolute atomic E-state index is 10.4. The lowest BCUT2D eigenvalue weighted by molar-refractivity contribution is 0.195. The number of aryl methyl sites for hydroxylation is 2. The third kappa shape index (κ3) is 4.45. The van der Waals surface area contributed by atoms with Crippen molar-refractivity contribution in [1.82, 2.24) is 0 Å².